The Morgan fingerprint density at radius 2 is 2.37 bits per heavy atom. The normalized spacial score (nSPS) is 19.0. The van der Waals surface area contributed by atoms with Gasteiger partial charge in [-0.2, -0.15) is 0 Å². The van der Waals surface area contributed by atoms with Crippen molar-refractivity contribution in [3.05, 3.63) is 38.9 Å². The van der Waals surface area contributed by atoms with Crippen LogP contribution >= 0.6 is 11.6 Å². The first-order valence-electron chi connectivity index (χ1n) is 6.49. The molecule has 0 aromatic heterocycles. The van der Waals surface area contributed by atoms with E-state index in [-0.39, 0.29) is 5.69 Å². The first kappa shape index (κ1) is 14.2. The number of hydrogen-bond acceptors (Lipinski definition) is 4. The molecule has 1 unspecified atom stereocenters. The summed E-state index contributed by atoms with van der Waals surface area (Å²) in [6.45, 7) is 5.85. The topological polar surface area (TPSA) is 58.4 Å². The molecule has 0 radical (unpaired) electrons. The first-order chi connectivity index (χ1) is 9.11. The Kier molecular flexibility index (Phi) is 4.74. The van der Waals surface area contributed by atoms with Crippen LogP contribution in [0.2, 0.25) is 5.02 Å². The Morgan fingerprint density at radius 3 is 2.89 bits per heavy atom. The number of nitrogens with one attached hydrogen (secondary N) is 1. The molecule has 1 N–H and O–H groups in total. The van der Waals surface area contributed by atoms with E-state index in [0.29, 0.717) is 11.1 Å². The van der Waals surface area contributed by atoms with Gasteiger partial charge in [0, 0.05) is 31.3 Å². The van der Waals surface area contributed by atoms with Gasteiger partial charge >= 0.3 is 0 Å². The van der Waals surface area contributed by atoms with Crippen molar-refractivity contribution in [2.24, 2.45) is 0 Å². The van der Waals surface area contributed by atoms with E-state index in [2.05, 4.69) is 17.1 Å². The van der Waals surface area contributed by atoms with Crippen LogP contribution in [-0.4, -0.2) is 35.5 Å². The van der Waals surface area contributed by atoms with Crippen LogP contribution in [0.1, 0.15) is 18.9 Å². The van der Waals surface area contributed by atoms with E-state index < -0.39 is 4.92 Å². The van der Waals surface area contributed by atoms with Crippen molar-refractivity contribution < 1.29 is 4.92 Å². The molecular weight excluding hydrogens is 266 g/mol. The maximum Gasteiger partial charge on any atom is 0.270 e. The molecule has 0 saturated carbocycles. The molecule has 1 aliphatic rings. The number of likely N-dealkylation sites (N-methyl/N-ethyl adjacent to an activating group) is 1. The molecule has 0 bridgehead atoms. The summed E-state index contributed by atoms with van der Waals surface area (Å²) in [4.78, 5) is 12.6. The van der Waals surface area contributed by atoms with E-state index in [4.69, 9.17) is 11.6 Å². The molecule has 6 heteroatoms. The van der Waals surface area contributed by atoms with Crippen LogP contribution in [0.3, 0.4) is 0 Å². The molecule has 2 rings (SSSR count). The maximum absolute atomic E-state index is 10.7. The second kappa shape index (κ2) is 6.32. The van der Waals surface area contributed by atoms with Gasteiger partial charge in [0.25, 0.3) is 5.69 Å². The molecule has 1 aromatic rings. The number of nitro groups is 1. The highest BCUT2D eigenvalue weighted by molar-refractivity contribution is 6.31. The second-order valence-electron chi connectivity index (χ2n) is 4.74. The maximum atomic E-state index is 10.7. The third-order valence-corrected chi connectivity index (χ3v) is 3.93. The fourth-order valence-corrected chi connectivity index (χ4v) is 2.68. The average molecular weight is 284 g/mol. The van der Waals surface area contributed by atoms with Crippen molar-refractivity contribution in [3.8, 4) is 0 Å². The standard InChI is InChI=1S/C13H18ClN3O2/c1-2-16(12-5-6-15-8-12)9-10-3-4-11(17(18)19)7-13(10)14/h3-4,7,12,15H,2,5-6,8-9H2,1H3. The largest absolute Gasteiger partial charge is 0.315 e. The van der Waals surface area contributed by atoms with Crippen molar-refractivity contribution in [2.45, 2.75) is 25.9 Å². The van der Waals surface area contributed by atoms with Crippen LogP contribution in [0, 0.1) is 10.1 Å². The lowest BCUT2D eigenvalue weighted by Crippen LogP contribution is -2.36. The Hall–Kier alpha value is -1.17. The summed E-state index contributed by atoms with van der Waals surface area (Å²) >= 11 is 6.13. The number of nitrogens with zero attached hydrogens (tertiary/aromatic N) is 2. The van der Waals surface area contributed by atoms with Gasteiger partial charge in [0.15, 0.2) is 0 Å². The molecule has 1 aromatic carbocycles. The number of non-ortho nitro benzene ring substituents is 1. The lowest BCUT2D eigenvalue weighted by molar-refractivity contribution is -0.384. The Labute approximate surface area is 117 Å². The number of benzene rings is 1. The summed E-state index contributed by atoms with van der Waals surface area (Å²) in [7, 11) is 0. The Bertz CT molecular complexity index is 461. The number of rotatable bonds is 5. The van der Waals surface area contributed by atoms with E-state index in [1.54, 1.807) is 6.07 Å². The lowest BCUT2D eigenvalue weighted by atomic mass is 10.1. The van der Waals surface area contributed by atoms with Crippen molar-refractivity contribution in [2.75, 3.05) is 19.6 Å². The summed E-state index contributed by atoms with van der Waals surface area (Å²) in [6, 6.07) is 5.22. The Balaban J connectivity index is 2.10. The fraction of sp³-hybridized carbons (Fsp3) is 0.538. The van der Waals surface area contributed by atoms with E-state index >= 15 is 0 Å². The first-order valence-corrected chi connectivity index (χ1v) is 6.87. The van der Waals surface area contributed by atoms with Crippen LogP contribution in [0.4, 0.5) is 5.69 Å². The monoisotopic (exact) mass is 283 g/mol. The highest BCUT2D eigenvalue weighted by Gasteiger charge is 2.22. The van der Waals surface area contributed by atoms with E-state index in [1.807, 2.05) is 0 Å². The fourth-order valence-electron chi connectivity index (χ4n) is 2.45. The van der Waals surface area contributed by atoms with Crippen molar-refractivity contribution in [1.82, 2.24) is 10.2 Å². The molecule has 1 fully saturated rings. The quantitative estimate of drug-likeness (QED) is 0.666. The molecule has 5 nitrogen and oxygen atoms in total. The van der Waals surface area contributed by atoms with Gasteiger partial charge in [-0.3, -0.25) is 15.0 Å². The number of halogens is 1. The summed E-state index contributed by atoms with van der Waals surface area (Å²) in [5.74, 6) is 0. The third-order valence-electron chi connectivity index (χ3n) is 3.58. The van der Waals surface area contributed by atoms with Crippen LogP contribution < -0.4 is 5.32 Å². The smallest absolute Gasteiger partial charge is 0.270 e. The van der Waals surface area contributed by atoms with Gasteiger partial charge in [-0.25, -0.2) is 0 Å². The highest BCUT2D eigenvalue weighted by Crippen LogP contribution is 2.24. The summed E-state index contributed by atoms with van der Waals surface area (Å²) in [6.07, 6.45) is 1.14. The SMILES string of the molecule is CCN(Cc1ccc([N+](=O)[O-])cc1Cl)C1CCNC1. The van der Waals surface area contributed by atoms with E-state index in [0.717, 1.165) is 38.2 Å². The molecule has 0 aliphatic carbocycles. The van der Waals surface area contributed by atoms with Crippen LogP contribution in [0.15, 0.2) is 18.2 Å². The van der Waals surface area contributed by atoms with Gasteiger partial charge in [-0.15, -0.1) is 0 Å². The van der Waals surface area contributed by atoms with Crippen LogP contribution in [0.5, 0.6) is 0 Å². The van der Waals surface area contributed by atoms with Crippen molar-refractivity contribution in [1.29, 1.82) is 0 Å². The van der Waals surface area contributed by atoms with Crippen molar-refractivity contribution >= 4 is 17.3 Å². The lowest BCUT2D eigenvalue weighted by Gasteiger charge is -2.27. The molecule has 0 spiro atoms. The number of nitro benzene ring substituents is 1. The molecule has 0 amide bonds. The minimum absolute atomic E-state index is 0.0410. The van der Waals surface area contributed by atoms with Gasteiger partial charge in [-0.05, 0) is 31.1 Å². The van der Waals surface area contributed by atoms with E-state index in [1.165, 1.54) is 12.1 Å². The minimum atomic E-state index is -0.422. The van der Waals surface area contributed by atoms with E-state index in [9.17, 15) is 10.1 Å². The molecular formula is C13H18ClN3O2. The number of hydrogen-bond donors (Lipinski definition) is 1. The average Bonchev–Trinajstić information content (AvgIpc) is 2.91. The molecule has 1 saturated heterocycles. The zero-order chi connectivity index (χ0) is 13.8. The summed E-state index contributed by atoms with van der Waals surface area (Å²) < 4.78 is 0. The second-order valence-corrected chi connectivity index (χ2v) is 5.15. The highest BCUT2D eigenvalue weighted by atomic mass is 35.5. The molecule has 1 atom stereocenters. The van der Waals surface area contributed by atoms with Crippen molar-refractivity contribution in [3.63, 3.8) is 0 Å². The van der Waals surface area contributed by atoms with Gasteiger partial charge in [0.1, 0.15) is 0 Å². The molecule has 1 aliphatic heterocycles. The predicted molar refractivity (Wildman–Crippen MR) is 75.5 cm³/mol. The van der Waals surface area contributed by atoms with Gasteiger partial charge in [0.05, 0.1) is 9.95 Å². The third kappa shape index (κ3) is 3.43. The zero-order valence-corrected chi connectivity index (χ0v) is 11.7. The van der Waals surface area contributed by atoms with Gasteiger partial charge in [-0.1, -0.05) is 18.5 Å². The van der Waals surface area contributed by atoms with Gasteiger partial charge < -0.3 is 5.32 Å². The van der Waals surface area contributed by atoms with Crippen LogP contribution in [0.25, 0.3) is 0 Å². The summed E-state index contributed by atoms with van der Waals surface area (Å²) in [5.41, 5.74) is 0.986. The predicted octanol–water partition coefficient (Wildman–Crippen LogP) is 2.43. The zero-order valence-electron chi connectivity index (χ0n) is 10.9. The molecule has 19 heavy (non-hydrogen) atoms. The Morgan fingerprint density at radius 1 is 1.58 bits per heavy atom. The summed E-state index contributed by atoms with van der Waals surface area (Å²) in [5, 5.41) is 14.5. The van der Waals surface area contributed by atoms with Crippen LogP contribution in [-0.2, 0) is 6.54 Å². The minimum Gasteiger partial charge on any atom is -0.315 e. The van der Waals surface area contributed by atoms with Gasteiger partial charge in [0.2, 0.25) is 0 Å². The molecule has 1 heterocycles. The molecule has 104 valence electrons.